The fourth-order valence-corrected chi connectivity index (χ4v) is 3.63. The van der Waals surface area contributed by atoms with E-state index in [1.165, 1.54) is 0 Å². The van der Waals surface area contributed by atoms with Crippen molar-refractivity contribution in [3.05, 3.63) is 35.9 Å². The van der Waals surface area contributed by atoms with Crippen molar-refractivity contribution in [1.29, 1.82) is 0 Å². The summed E-state index contributed by atoms with van der Waals surface area (Å²) in [5, 5.41) is 8.55. The van der Waals surface area contributed by atoms with Crippen molar-refractivity contribution in [2.75, 3.05) is 6.54 Å². The summed E-state index contributed by atoms with van der Waals surface area (Å²) in [6.07, 6.45) is 1.39. The molecule has 1 aromatic carbocycles. The van der Waals surface area contributed by atoms with Gasteiger partial charge in [-0.15, -0.1) is 0 Å². The molecule has 9 nitrogen and oxygen atoms in total. The van der Waals surface area contributed by atoms with Crippen LogP contribution in [-0.2, 0) is 35.1 Å². The van der Waals surface area contributed by atoms with Crippen molar-refractivity contribution in [2.45, 2.75) is 96.6 Å². The van der Waals surface area contributed by atoms with Crippen molar-refractivity contribution in [2.24, 2.45) is 0 Å². The zero-order chi connectivity index (χ0) is 26.2. The van der Waals surface area contributed by atoms with E-state index in [9.17, 15) is 19.2 Å². The van der Waals surface area contributed by atoms with Gasteiger partial charge < -0.3 is 25.4 Å². The molecule has 3 N–H and O–H groups in total. The zero-order valence-corrected chi connectivity index (χ0v) is 21.6. The quantitative estimate of drug-likeness (QED) is 0.454. The first-order valence-corrected chi connectivity index (χ1v) is 12.1. The number of benzene rings is 1. The van der Waals surface area contributed by atoms with E-state index in [2.05, 4.69) is 16.0 Å². The van der Waals surface area contributed by atoms with Crippen LogP contribution in [0.4, 0.5) is 0 Å². The minimum atomic E-state index is -1.27. The predicted molar refractivity (Wildman–Crippen MR) is 131 cm³/mol. The molecule has 2 amide bonds. The maximum Gasteiger partial charge on any atom is 0.329 e. The van der Waals surface area contributed by atoms with Crippen molar-refractivity contribution in [1.82, 2.24) is 16.0 Å². The van der Waals surface area contributed by atoms with Gasteiger partial charge in [-0.1, -0.05) is 30.3 Å². The highest BCUT2D eigenvalue weighted by Gasteiger charge is 2.34. The molecule has 0 spiro atoms. The average Bonchev–Trinajstić information content (AvgIpc) is 3.26. The summed E-state index contributed by atoms with van der Waals surface area (Å²) in [6.45, 7) is 11.0. The SMILES string of the molecule is CC(C)(C)OC(=O)C[C@H](NC(=O)[C@H](Cc1ccccc1)NC(=O)[C@@H]1CCCN1)C(=O)OC(C)(C)C. The van der Waals surface area contributed by atoms with Crippen molar-refractivity contribution < 1.29 is 28.7 Å². The molecule has 0 saturated carbocycles. The van der Waals surface area contributed by atoms with Crippen molar-refractivity contribution in [3.63, 3.8) is 0 Å². The molecular weight excluding hydrogens is 450 g/mol. The van der Waals surface area contributed by atoms with Crippen LogP contribution in [-0.4, -0.2) is 59.6 Å². The topological polar surface area (TPSA) is 123 Å². The van der Waals surface area contributed by atoms with Crippen LogP contribution in [0.2, 0.25) is 0 Å². The van der Waals surface area contributed by atoms with Gasteiger partial charge in [0, 0.05) is 6.42 Å². The third kappa shape index (κ3) is 10.5. The molecule has 194 valence electrons. The van der Waals surface area contributed by atoms with Crippen LogP contribution in [0, 0.1) is 0 Å². The number of carbonyl (C=O) groups is 4. The highest BCUT2D eigenvalue weighted by Crippen LogP contribution is 2.14. The van der Waals surface area contributed by atoms with E-state index in [-0.39, 0.29) is 18.4 Å². The van der Waals surface area contributed by atoms with Crippen LogP contribution in [0.3, 0.4) is 0 Å². The minimum absolute atomic E-state index is 0.221. The molecule has 1 aliphatic rings. The summed E-state index contributed by atoms with van der Waals surface area (Å²) in [5.41, 5.74) is -0.731. The number of rotatable bonds is 9. The molecular formula is C26H39N3O6. The third-order valence-corrected chi connectivity index (χ3v) is 5.09. The monoisotopic (exact) mass is 489 g/mol. The fourth-order valence-electron chi connectivity index (χ4n) is 3.63. The van der Waals surface area contributed by atoms with Gasteiger partial charge in [0.15, 0.2) is 0 Å². The van der Waals surface area contributed by atoms with E-state index in [4.69, 9.17) is 9.47 Å². The van der Waals surface area contributed by atoms with Gasteiger partial charge >= 0.3 is 11.9 Å². The molecule has 1 fully saturated rings. The Morgan fingerprint density at radius 2 is 1.57 bits per heavy atom. The lowest BCUT2D eigenvalue weighted by molar-refractivity contribution is -0.165. The van der Waals surface area contributed by atoms with Crippen LogP contribution in [0.25, 0.3) is 0 Å². The van der Waals surface area contributed by atoms with Gasteiger partial charge in [-0.05, 0) is 66.5 Å². The molecule has 1 aromatic rings. The lowest BCUT2D eigenvalue weighted by Crippen LogP contribution is -2.56. The Balaban J connectivity index is 2.21. The number of ether oxygens (including phenoxy) is 2. The normalized spacial score (nSPS) is 17.7. The van der Waals surface area contributed by atoms with Crippen LogP contribution >= 0.6 is 0 Å². The van der Waals surface area contributed by atoms with Gasteiger partial charge in [0.1, 0.15) is 23.3 Å². The Bertz CT molecular complexity index is 883. The summed E-state index contributed by atoms with van der Waals surface area (Å²) < 4.78 is 10.8. The second kappa shape index (κ2) is 12.2. The first-order chi connectivity index (χ1) is 16.2. The third-order valence-electron chi connectivity index (χ3n) is 5.09. The van der Waals surface area contributed by atoms with Crippen LogP contribution < -0.4 is 16.0 Å². The Kier molecular flexibility index (Phi) is 9.82. The van der Waals surface area contributed by atoms with E-state index < -0.39 is 47.6 Å². The Hall–Kier alpha value is -2.94. The standard InChI is InChI=1S/C26H39N3O6/c1-25(2,3)34-21(30)16-20(24(33)35-26(4,5)6)29-23(32)19(15-17-11-8-7-9-12-17)28-22(31)18-13-10-14-27-18/h7-9,11-12,18-20,27H,10,13-16H2,1-6H3,(H,28,31)(H,29,32)/t18-,19-,20-/m0/s1. The predicted octanol–water partition coefficient (Wildman–Crippen LogP) is 2.02. The number of hydrogen-bond donors (Lipinski definition) is 3. The minimum Gasteiger partial charge on any atom is -0.460 e. The average molecular weight is 490 g/mol. The summed E-state index contributed by atoms with van der Waals surface area (Å²) in [5.74, 6) is -2.26. The first kappa shape index (κ1) is 28.3. The highest BCUT2D eigenvalue weighted by molar-refractivity contribution is 5.93. The molecule has 2 rings (SSSR count). The van der Waals surface area contributed by atoms with Crippen LogP contribution in [0.5, 0.6) is 0 Å². The second-order valence-electron chi connectivity index (χ2n) is 10.8. The Morgan fingerprint density at radius 3 is 2.11 bits per heavy atom. The number of esters is 2. The summed E-state index contributed by atoms with van der Waals surface area (Å²) >= 11 is 0. The van der Waals surface area contributed by atoms with Gasteiger partial charge in [0.25, 0.3) is 0 Å². The van der Waals surface area contributed by atoms with Crippen molar-refractivity contribution >= 4 is 23.8 Å². The number of amides is 2. The Labute approximate surface area is 207 Å². The van der Waals surface area contributed by atoms with Crippen LogP contribution in [0.15, 0.2) is 30.3 Å². The van der Waals surface area contributed by atoms with Gasteiger partial charge in [-0.25, -0.2) is 4.79 Å². The van der Waals surface area contributed by atoms with E-state index in [0.29, 0.717) is 6.42 Å². The molecule has 35 heavy (non-hydrogen) atoms. The summed E-state index contributed by atoms with van der Waals surface area (Å²) in [4.78, 5) is 51.5. The smallest absolute Gasteiger partial charge is 0.329 e. The molecule has 0 aliphatic carbocycles. The first-order valence-electron chi connectivity index (χ1n) is 12.1. The highest BCUT2D eigenvalue weighted by atomic mass is 16.6. The number of carbonyl (C=O) groups excluding carboxylic acids is 4. The molecule has 0 aromatic heterocycles. The number of nitrogens with one attached hydrogen (secondary N) is 3. The maximum atomic E-state index is 13.3. The van der Waals surface area contributed by atoms with Gasteiger partial charge in [-0.3, -0.25) is 14.4 Å². The van der Waals surface area contributed by atoms with Crippen molar-refractivity contribution in [3.8, 4) is 0 Å². The lowest BCUT2D eigenvalue weighted by atomic mass is 10.0. The summed E-state index contributed by atoms with van der Waals surface area (Å²) in [6, 6.07) is 6.67. The molecule has 1 saturated heterocycles. The molecule has 1 aliphatic heterocycles. The van der Waals surface area contributed by atoms with Gasteiger partial charge in [0.05, 0.1) is 12.5 Å². The van der Waals surface area contributed by atoms with E-state index in [0.717, 1.165) is 18.5 Å². The molecule has 9 heteroatoms. The molecule has 0 unspecified atom stereocenters. The largest absolute Gasteiger partial charge is 0.460 e. The maximum absolute atomic E-state index is 13.3. The fraction of sp³-hybridized carbons (Fsp3) is 0.615. The number of hydrogen-bond acceptors (Lipinski definition) is 7. The Morgan fingerprint density at radius 1 is 0.943 bits per heavy atom. The van der Waals surface area contributed by atoms with Gasteiger partial charge in [0.2, 0.25) is 11.8 Å². The second-order valence-corrected chi connectivity index (χ2v) is 10.8. The van der Waals surface area contributed by atoms with Crippen LogP contribution in [0.1, 0.15) is 66.4 Å². The molecule has 0 radical (unpaired) electrons. The zero-order valence-electron chi connectivity index (χ0n) is 21.6. The van der Waals surface area contributed by atoms with E-state index >= 15 is 0 Å². The molecule has 3 atom stereocenters. The molecule has 1 heterocycles. The summed E-state index contributed by atoms with van der Waals surface area (Å²) in [7, 11) is 0. The van der Waals surface area contributed by atoms with E-state index in [1.54, 1.807) is 41.5 Å². The van der Waals surface area contributed by atoms with Gasteiger partial charge in [-0.2, -0.15) is 0 Å². The lowest BCUT2D eigenvalue weighted by Gasteiger charge is -2.27. The molecule has 0 bridgehead atoms. The van der Waals surface area contributed by atoms with E-state index in [1.807, 2.05) is 30.3 Å².